The van der Waals surface area contributed by atoms with E-state index in [-0.39, 0.29) is 17.2 Å². The predicted octanol–water partition coefficient (Wildman–Crippen LogP) is 0.825. The van der Waals surface area contributed by atoms with Crippen molar-refractivity contribution in [3.63, 3.8) is 0 Å². The predicted molar refractivity (Wildman–Crippen MR) is 67.0 cm³/mol. The van der Waals surface area contributed by atoms with E-state index in [1.165, 1.54) is 12.1 Å². The van der Waals surface area contributed by atoms with Gasteiger partial charge in [-0.1, -0.05) is 12.1 Å². The molecule has 0 amide bonds. The summed E-state index contributed by atoms with van der Waals surface area (Å²) in [6.07, 6.45) is 0. The molecule has 0 aromatic heterocycles. The Hall–Kier alpha value is -1.47. The van der Waals surface area contributed by atoms with Crippen LogP contribution in [0.25, 0.3) is 0 Å². The zero-order valence-electron chi connectivity index (χ0n) is 9.78. The first-order valence-electron chi connectivity index (χ1n) is 5.62. The van der Waals surface area contributed by atoms with Gasteiger partial charge in [-0.2, -0.15) is 0 Å². The third kappa shape index (κ3) is 3.27. The lowest BCUT2D eigenvalue weighted by molar-refractivity contribution is -0.384. The summed E-state index contributed by atoms with van der Waals surface area (Å²) in [5.74, 6) is 0.337. The van der Waals surface area contributed by atoms with Crippen molar-refractivity contribution in [1.29, 1.82) is 0 Å². The molecule has 1 saturated heterocycles. The first-order valence-corrected chi connectivity index (χ1v) is 7.44. The smallest absolute Gasteiger partial charge is 0.269 e. The van der Waals surface area contributed by atoms with Gasteiger partial charge in [-0.25, -0.2) is 8.42 Å². The van der Waals surface area contributed by atoms with E-state index in [1.54, 1.807) is 6.07 Å². The zero-order valence-corrected chi connectivity index (χ0v) is 10.6. The van der Waals surface area contributed by atoms with E-state index in [0.29, 0.717) is 19.6 Å². The number of hydrogen-bond donors (Lipinski definition) is 0. The van der Waals surface area contributed by atoms with E-state index < -0.39 is 14.8 Å². The van der Waals surface area contributed by atoms with Gasteiger partial charge in [0.05, 0.1) is 16.4 Å². The fourth-order valence-electron chi connectivity index (χ4n) is 1.93. The number of benzene rings is 1. The summed E-state index contributed by atoms with van der Waals surface area (Å²) in [5, 5.41) is 10.6. The third-order valence-electron chi connectivity index (χ3n) is 2.96. The van der Waals surface area contributed by atoms with Crippen LogP contribution in [-0.2, 0) is 16.4 Å². The summed E-state index contributed by atoms with van der Waals surface area (Å²) < 4.78 is 22.6. The summed E-state index contributed by atoms with van der Waals surface area (Å²) in [7, 11) is -2.88. The van der Waals surface area contributed by atoms with Gasteiger partial charge in [0.25, 0.3) is 5.69 Å². The summed E-state index contributed by atoms with van der Waals surface area (Å²) >= 11 is 0. The average molecular weight is 270 g/mol. The molecular weight excluding hydrogens is 256 g/mol. The molecule has 0 aliphatic carbocycles. The van der Waals surface area contributed by atoms with Crippen LogP contribution >= 0.6 is 0 Å². The fourth-order valence-corrected chi connectivity index (χ4v) is 3.21. The van der Waals surface area contributed by atoms with Crippen LogP contribution in [0.3, 0.4) is 0 Å². The van der Waals surface area contributed by atoms with Crippen LogP contribution in [0, 0.1) is 10.1 Å². The van der Waals surface area contributed by atoms with Crippen LogP contribution in [0.4, 0.5) is 5.69 Å². The second-order valence-corrected chi connectivity index (χ2v) is 6.66. The maximum Gasteiger partial charge on any atom is 0.269 e. The Morgan fingerprint density at radius 3 is 2.56 bits per heavy atom. The number of rotatable bonds is 3. The van der Waals surface area contributed by atoms with Gasteiger partial charge in [0, 0.05) is 31.8 Å². The van der Waals surface area contributed by atoms with Crippen LogP contribution < -0.4 is 0 Å². The number of hydrogen-bond acceptors (Lipinski definition) is 5. The topological polar surface area (TPSA) is 80.5 Å². The Labute approximate surface area is 105 Å². The van der Waals surface area contributed by atoms with Gasteiger partial charge < -0.3 is 0 Å². The molecule has 1 aromatic carbocycles. The summed E-state index contributed by atoms with van der Waals surface area (Å²) in [4.78, 5) is 12.2. The van der Waals surface area contributed by atoms with Gasteiger partial charge in [0.2, 0.25) is 0 Å². The molecule has 1 aliphatic rings. The van der Waals surface area contributed by atoms with Crippen LogP contribution in [-0.4, -0.2) is 42.8 Å². The van der Waals surface area contributed by atoms with E-state index >= 15 is 0 Å². The lowest BCUT2D eigenvalue weighted by Crippen LogP contribution is -2.39. The van der Waals surface area contributed by atoms with Crippen LogP contribution in [0.5, 0.6) is 0 Å². The molecule has 0 N–H and O–H groups in total. The Kier molecular flexibility index (Phi) is 3.63. The summed E-state index contributed by atoms with van der Waals surface area (Å²) in [6.45, 7) is 1.53. The van der Waals surface area contributed by atoms with E-state index in [4.69, 9.17) is 0 Å². The van der Waals surface area contributed by atoms with Crippen molar-refractivity contribution in [2.45, 2.75) is 6.54 Å². The average Bonchev–Trinajstić information content (AvgIpc) is 2.32. The molecule has 98 valence electrons. The zero-order chi connectivity index (χ0) is 13.2. The van der Waals surface area contributed by atoms with Crippen molar-refractivity contribution in [2.24, 2.45) is 0 Å². The first-order chi connectivity index (χ1) is 8.46. The molecule has 0 unspecified atom stereocenters. The molecule has 6 nitrogen and oxygen atoms in total. The molecule has 1 heterocycles. The molecule has 0 saturated carbocycles. The monoisotopic (exact) mass is 270 g/mol. The Morgan fingerprint density at radius 1 is 1.28 bits per heavy atom. The molecule has 0 bridgehead atoms. The molecule has 7 heteroatoms. The maximum absolute atomic E-state index is 11.3. The van der Waals surface area contributed by atoms with Crippen molar-refractivity contribution >= 4 is 15.5 Å². The highest BCUT2D eigenvalue weighted by Gasteiger charge is 2.21. The van der Waals surface area contributed by atoms with Crippen molar-refractivity contribution in [1.82, 2.24) is 4.90 Å². The van der Waals surface area contributed by atoms with E-state index in [1.807, 2.05) is 11.0 Å². The highest BCUT2D eigenvalue weighted by molar-refractivity contribution is 7.91. The lowest BCUT2D eigenvalue weighted by Gasteiger charge is -2.26. The highest BCUT2D eigenvalue weighted by atomic mass is 32.2. The Bertz CT molecular complexity index is 542. The lowest BCUT2D eigenvalue weighted by atomic mass is 10.2. The molecule has 0 atom stereocenters. The molecule has 2 rings (SSSR count). The largest absolute Gasteiger partial charge is 0.297 e. The molecule has 0 radical (unpaired) electrons. The van der Waals surface area contributed by atoms with Gasteiger partial charge in [-0.15, -0.1) is 0 Å². The first kappa shape index (κ1) is 13.0. The second kappa shape index (κ2) is 5.03. The Morgan fingerprint density at radius 2 is 1.94 bits per heavy atom. The van der Waals surface area contributed by atoms with Gasteiger partial charge >= 0.3 is 0 Å². The van der Waals surface area contributed by atoms with Crippen LogP contribution in [0.15, 0.2) is 24.3 Å². The van der Waals surface area contributed by atoms with Crippen LogP contribution in [0.1, 0.15) is 5.56 Å². The third-order valence-corrected chi connectivity index (χ3v) is 4.57. The number of sulfone groups is 1. The number of nitrogens with zero attached hydrogens (tertiary/aromatic N) is 2. The molecule has 1 aliphatic heterocycles. The number of non-ortho nitro benzene ring substituents is 1. The van der Waals surface area contributed by atoms with Gasteiger partial charge in [-0.05, 0) is 5.56 Å². The van der Waals surface area contributed by atoms with Crippen molar-refractivity contribution in [2.75, 3.05) is 24.6 Å². The number of nitro benzene ring substituents is 1. The highest BCUT2D eigenvalue weighted by Crippen LogP contribution is 2.15. The summed E-state index contributed by atoms with van der Waals surface area (Å²) in [5.41, 5.74) is 0.903. The Balaban J connectivity index is 2.02. The SMILES string of the molecule is O=[N+]([O-])c1cccc(CN2CCS(=O)(=O)CC2)c1. The minimum absolute atomic E-state index is 0.0668. The van der Waals surface area contributed by atoms with Crippen LogP contribution in [0.2, 0.25) is 0 Å². The standard InChI is InChI=1S/C11H14N2O4S/c14-13(15)11-3-1-2-10(8-11)9-12-4-6-18(16,17)7-5-12/h1-3,8H,4-7,9H2. The molecule has 1 fully saturated rings. The molecular formula is C11H14N2O4S. The van der Waals surface area contributed by atoms with Gasteiger partial charge in [-0.3, -0.25) is 15.0 Å². The van der Waals surface area contributed by atoms with Gasteiger partial charge in [0.1, 0.15) is 0 Å². The second-order valence-electron chi connectivity index (χ2n) is 4.35. The quantitative estimate of drug-likeness (QED) is 0.600. The van der Waals surface area contributed by atoms with Gasteiger partial charge in [0.15, 0.2) is 9.84 Å². The summed E-state index contributed by atoms with van der Waals surface area (Å²) in [6, 6.07) is 6.44. The molecule has 0 spiro atoms. The van der Waals surface area contributed by atoms with E-state index in [0.717, 1.165) is 5.56 Å². The maximum atomic E-state index is 11.3. The normalized spacial score (nSPS) is 19.6. The number of nitro groups is 1. The molecule has 18 heavy (non-hydrogen) atoms. The van der Waals surface area contributed by atoms with Crippen molar-refractivity contribution < 1.29 is 13.3 Å². The van der Waals surface area contributed by atoms with Crippen molar-refractivity contribution in [3.8, 4) is 0 Å². The van der Waals surface area contributed by atoms with E-state index in [2.05, 4.69) is 0 Å². The fraction of sp³-hybridized carbons (Fsp3) is 0.455. The molecule has 1 aromatic rings. The minimum atomic E-state index is -2.88. The van der Waals surface area contributed by atoms with E-state index in [9.17, 15) is 18.5 Å². The van der Waals surface area contributed by atoms with Crippen molar-refractivity contribution in [3.05, 3.63) is 39.9 Å². The minimum Gasteiger partial charge on any atom is -0.297 e.